The molecule has 56 valence electrons. The molecule has 0 heteroatoms. The van der Waals surface area contributed by atoms with Crippen molar-refractivity contribution in [3.63, 3.8) is 0 Å². The molecule has 0 fully saturated rings. The Bertz CT molecular complexity index is 151. The smallest absolute Gasteiger partial charge is 0.0200 e. The SMILES string of the molecule is CC1=CCC/C=C\CC1C. The Morgan fingerprint density at radius 1 is 1.30 bits per heavy atom. The Kier molecular flexibility index (Phi) is 2.73. The van der Waals surface area contributed by atoms with Gasteiger partial charge in [-0.2, -0.15) is 0 Å². The number of allylic oxidation sites excluding steroid dienone is 4. The normalized spacial score (nSPS) is 30.2. The summed E-state index contributed by atoms with van der Waals surface area (Å²) in [7, 11) is 0. The number of hydrogen-bond donors (Lipinski definition) is 0. The Hall–Kier alpha value is -0.520. The van der Waals surface area contributed by atoms with E-state index in [-0.39, 0.29) is 0 Å². The first-order chi connectivity index (χ1) is 4.80. The summed E-state index contributed by atoms with van der Waals surface area (Å²) in [4.78, 5) is 0. The molecule has 0 bridgehead atoms. The fraction of sp³-hybridized carbons (Fsp3) is 0.600. The molecule has 0 aromatic rings. The summed E-state index contributed by atoms with van der Waals surface area (Å²) in [6, 6.07) is 0. The van der Waals surface area contributed by atoms with Gasteiger partial charge in [0.05, 0.1) is 0 Å². The van der Waals surface area contributed by atoms with Gasteiger partial charge in [-0.05, 0) is 32.1 Å². The number of hydrogen-bond acceptors (Lipinski definition) is 0. The summed E-state index contributed by atoms with van der Waals surface area (Å²) < 4.78 is 0. The molecule has 1 aliphatic rings. The third kappa shape index (κ3) is 2.02. The lowest BCUT2D eigenvalue weighted by molar-refractivity contribution is 0.681. The Balaban J connectivity index is 2.56. The largest absolute Gasteiger partial charge is 0.0882 e. The van der Waals surface area contributed by atoms with Crippen molar-refractivity contribution in [3.05, 3.63) is 23.8 Å². The molecule has 0 saturated carbocycles. The van der Waals surface area contributed by atoms with Crippen molar-refractivity contribution in [1.82, 2.24) is 0 Å². The summed E-state index contributed by atoms with van der Waals surface area (Å²) >= 11 is 0. The molecule has 0 N–H and O–H groups in total. The van der Waals surface area contributed by atoms with Crippen molar-refractivity contribution in [2.24, 2.45) is 5.92 Å². The van der Waals surface area contributed by atoms with E-state index in [0.717, 1.165) is 5.92 Å². The van der Waals surface area contributed by atoms with Gasteiger partial charge in [-0.15, -0.1) is 0 Å². The summed E-state index contributed by atoms with van der Waals surface area (Å²) in [6.45, 7) is 4.53. The molecule has 0 heterocycles. The first-order valence-electron chi connectivity index (χ1n) is 4.12. The quantitative estimate of drug-likeness (QED) is 0.448. The molecule has 10 heavy (non-hydrogen) atoms. The van der Waals surface area contributed by atoms with E-state index in [0.29, 0.717) is 0 Å². The second-order valence-electron chi connectivity index (χ2n) is 3.13. The molecule has 1 rings (SSSR count). The van der Waals surface area contributed by atoms with E-state index in [4.69, 9.17) is 0 Å². The summed E-state index contributed by atoms with van der Waals surface area (Å²) in [5.41, 5.74) is 1.56. The third-order valence-electron chi connectivity index (χ3n) is 2.23. The fourth-order valence-corrected chi connectivity index (χ4v) is 1.21. The molecule has 0 saturated heterocycles. The van der Waals surface area contributed by atoms with Crippen LogP contribution in [0.25, 0.3) is 0 Å². The van der Waals surface area contributed by atoms with Crippen LogP contribution < -0.4 is 0 Å². The van der Waals surface area contributed by atoms with Gasteiger partial charge >= 0.3 is 0 Å². The van der Waals surface area contributed by atoms with E-state index in [2.05, 4.69) is 32.1 Å². The van der Waals surface area contributed by atoms with Gasteiger partial charge in [0.2, 0.25) is 0 Å². The summed E-state index contributed by atoms with van der Waals surface area (Å²) in [6.07, 6.45) is 10.6. The van der Waals surface area contributed by atoms with Crippen molar-refractivity contribution in [1.29, 1.82) is 0 Å². The lowest BCUT2D eigenvalue weighted by Gasteiger charge is -2.11. The minimum atomic E-state index is 0.761. The second kappa shape index (κ2) is 3.60. The molecular weight excluding hydrogens is 120 g/mol. The van der Waals surface area contributed by atoms with E-state index < -0.39 is 0 Å². The van der Waals surface area contributed by atoms with Gasteiger partial charge in [0.1, 0.15) is 0 Å². The highest BCUT2D eigenvalue weighted by Gasteiger charge is 2.02. The Morgan fingerprint density at radius 3 is 2.90 bits per heavy atom. The van der Waals surface area contributed by atoms with Crippen molar-refractivity contribution in [3.8, 4) is 0 Å². The Labute approximate surface area is 63.6 Å². The molecular formula is C10H16. The fourth-order valence-electron chi connectivity index (χ4n) is 1.21. The average molecular weight is 136 g/mol. The lowest BCUT2D eigenvalue weighted by atomic mass is 9.95. The second-order valence-corrected chi connectivity index (χ2v) is 3.13. The zero-order chi connectivity index (χ0) is 7.40. The number of rotatable bonds is 0. The molecule has 0 aromatic heterocycles. The van der Waals surface area contributed by atoms with Crippen molar-refractivity contribution < 1.29 is 0 Å². The molecule has 0 radical (unpaired) electrons. The summed E-state index contributed by atoms with van der Waals surface area (Å²) in [5.74, 6) is 0.761. The molecule has 0 nitrogen and oxygen atoms in total. The molecule has 1 aliphatic carbocycles. The van der Waals surface area contributed by atoms with E-state index in [1.165, 1.54) is 19.3 Å². The predicted molar refractivity (Wildman–Crippen MR) is 45.9 cm³/mol. The van der Waals surface area contributed by atoms with Crippen molar-refractivity contribution in [2.75, 3.05) is 0 Å². The molecule has 1 unspecified atom stereocenters. The highest BCUT2D eigenvalue weighted by Crippen LogP contribution is 2.17. The van der Waals surface area contributed by atoms with E-state index in [9.17, 15) is 0 Å². The van der Waals surface area contributed by atoms with Gasteiger partial charge in [0.25, 0.3) is 0 Å². The lowest BCUT2D eigenvalue weighted by Crippen LogP contribution is -1.95. The summed E-state index contributed by atoms with van der Waals surface area (Å²) in [5, 5.41) is 0. The highest BCUT2D eigenvalue weighted by molar-refractivity contribution is 5.07. The van der Waals surface area contributed by atoms with Crippen LogP contribution in [0.2, 0.25) is 0 Å². The average Bonchev–Trinajstić information content (AvgIpc) is 1.92. The molecule has 0 spiro atoms. The van der Waals surface area contributed by atoms with Crippen molar-refractivity contribution >= 4 is 0 Å². The van der Waals surface area contributed by atoms with E-state index in [1.807, 2.05) is 0 Å². The first kappa shape index (κ1) is 7.59. The van der Waals surface area contributed by atoms with Gasteiger partial charge in [-0.1, -0.05) is 30.7 Å². The maximum atomic E-state index is 2.37. The van der Waals surface area contributed by atoms with Crippen LogP contribution in [0.4, 0.5) is 0 Å². The molecule has 0 aromatic carbocycles. The van der Waals surface area contributed by atoms with Crippen LogP contribution in [0.15, 0.2) is 23.8 Å². The van der Waals surface area contributed by atoms with Crippen LogP contribution in [-0.2, 0) is 0 Å². The maximum absolute atomic E-state index is 2.37. The van der Waals surface area contributed by atoms with Gasteiger partial charge in [-0.25, -0.2) is 0 Å². The Morgan fingerprint density at radius 2 is 2.10 bits per heavy atom. The van der Waals surface area contributed by atoms with Crippen molar-refractivity contribution in [2.45, 2.75) is 33.1 Å². The van der Waals surface area contributed by atoms with Crippen LogP contribution >= 0.6 is 0 Å². The van der Waals surface area contributed by atoms with Crippen LogP contribution in [0, 0.1) is 5.92 Å². The van der Waals surface area contributed by atoms with E-state index in [1.54, 1.807) is 5.57 Å². The van der Waals surface area contributed by atoms with Gasteiger partial charge < -0.3 is 0 Å². The van der Waals surface area contributed by atoms with Crippen LogP contribution in [0.1, 0.15) is 33.1 Å². The standard InChI is InChI=1S/C10H16/c1-9-7-5-3-4-6-8-10(9)2/h3,5,8-9H,4,6-7H2,1-2H3/b5-3-,10-8?. The van der Waals surface area contributed by atoms with Crippen LogP contribution in [0.5, 0.6) is 0 Å². The third-order valence-corrected chi connectivity index (χ3v) is 2.23. The molecule has 0 amide bonds. The zero-order valence-electron chi connectivity index (χ0n) is 6.93. The molecule has 1 atom stereocenters. The zero-order valence-corrected chi connectivity index (χ0v) is 6.93. The minimum absolute atomic E-state index is 0.761. The topological polar surface area (TPSA) is 0 Å². The minimum Gasteiger partial charge on any atom is -0.0882 e. The first-order valence-corrected chi connectivity index (χ1v) is 4.12. The van der Waals surface area contributed by atoms with Gasteiger partial charge in [-0.3, -0.25) is 0 Å². The highest BCUT2D eigenvalue weighted by atomic mass is 14.1. The monoisotopic (exact) mass is 136 g/mol. The predicted octanol–water partition coefficient (Wildman–Crippen LogP) is 3.31. The van der Waals surface area contributed by atoms with Crippen LogP contribution in [0.3, 0.4) is 0 Å². The van der Waals surface area contributed by atoms with E-state index >= 15 is 0 Å². The van der Waals surface area contributed by atoms with Gasteiger partial charge in [0, 0.05) is 0 Å². The van der Waals surface area contributed by atoms with Crippen LogP contribution in [-0.4, -0.2) is 0 Å². The van der Waals surface area contributed by atoms with Gasteiger partial charge in [0.15, 0.2) is 0 Å². The molecule has 0 aliphatic heterocycles. The maximum Gasteiger partial charge on any atom is -0.0200 e.